The maximum Gasteiger partial charge on any atom is 0.151 e. The summed E-state index contributed by atoms with van der Waals surface area (Å²) in [6.45, 7) is 0. The van der Waals surface area contributed by atoms with Crippen LogP contribution in [-0.2, 0) is 0 Å². The van der Waals surface area contributed by atoms with Crippen LogP contribution in [-0.4, -0.2) is 6.29 Å². The van der Waals surface area contributed by atoms with E-state index in [-0.39, 0.29) is 0 Å². The standard InChI is InChI=1S/C16H12Cl2.C7H4Cl2O/c17-15-12-6-11-14(16(15)18)10-5-4-9-13-7-2-1-3-8-13;8-6-3-1-2-5(4-10)7(6)9/h1-12H;1-4H/b9-4+,10-5+;. The first-order valence-corrected chi connectivity index (χ1v) is 9.77. The van der Waals surface area contributed by atoms with E-state index in [0.717, 1.165) is 5.56 Å². The van der Waals surface area contributed by atoms with Crippen LogP contribution in [0.15, 0.2) is 78.9 Å². The molecular weight excluding hydrogens is 434 g/mol. The summed E-state index contributed by atoms with van der Waals surface area (Å²) in [5, 5.41) is 1.89. The van der Waals surface area contributed by atoms with Crippen LogP contribution in [0.2, 0.25) is 20.1 Å². The van der Waals surface area contributed by atoms with Crippen LogP contribution in [0.3, 0.4) is 0 Å². The van der Waals surface area contributed by atoms with Gasteiger partial charge in [0, 0.05) is 5.56 Å². The Bertz CT molecular complexity index is 979. The molecule has 0 aliphatic heterocycles. The highest BCUT2D eigenvalue weighted by molar-refractivity contribution is 6.43. The molecule has 0 atom stereocenters. The van der Waals surface area contributed by atoms with Gasteiger partial charge in [0.05, 0.1) is 20.1 Å². The zero-order chi connectivity index (χ0) is 20.4. The third-order valence-electron chi connectivity index (χ3n) is 3.57. The SMILES string of the molecule is Clc1cccc(/C=C/C=C/c2ccccc2)c1Cl.O=Cc1cccc(Cl)c1Cl. The van der Waals surface area contributed by atoms with Crippen molar-refractivity contribution in [3.8, 4) is 0 Å². The molecule has 0 amide bonds. The minimum Gasteiger partial charge on any atom is -0.298 e. The lowest BCUT2D eigenvalue weighted by molar-refractivity contribution is 0.112. The average molecular weight is 450 g/mol. The second-order valence-electron chi connectivity index (χ2n) is 5.53. The molecule has 0 aliphatic carbocycles. The fourth-order valence-corrected chi connectivity index (χ4v) is 2.87. The van der Waals surface area contributed by atoms with Crippen LogP contribution in [0.25, 0.3) is 12.2 Å². The second-order valence-corrected chi connectivity index (χ2v) is 7.10. The maximum atomic E-state index is 10.2. The molecule has 28 heavy (non-hydrogen) atoms. The van der Waals surface area contributed by atoms with Crippen molar-refractivity contribution in [2.75, 3.05) is 0 Å². The first-order chi connectivity index (χ1) is 13.5. The van der Waals surface area contributed by atoms with Gasteiger partial charge in [-0.05, 0) is 23.3 Å². The molecule has 0 bridgehead atoms. The molecule has 0 spiro atoms. The Morgan fingerprint density at radius 1 is 0.571 bits per heavy atom. The normalized spacial score (nSPS) is 10.7. The minimum absolute atomic E-state index is 0.319. The summed E-state index contributed by atoms with van der Waals surface area (Å²) >= 11 is 23.3. The van der Waals surface area contributed by atoms with E-state index in [2.05, 4.69) is 12.1 Å². The molecule has 3 aromatic rings. The first kappa shape index (κ1) is 22.3. The summed E-state index contributed by atoms with van der Waals surface area (Å²) in [5.41, 5.74) is 2.51. The number of hydrogen-bond acceptors (Lipinski definition) is 1. The van der Waals surface area contributed by atoms with Crippen LogP contribution in [0.5, 0.6) is 0 Å². The highest BCUT2D eigenvalue weighted by Crippen LogP contribution is 2.26. The molecular formula is C23H16Cl4O. The quantitative estimate of drug-likeness (QED) is 0.288. The van der Waals surface area contributed by atoms with Crippen LogP contribution in [0.4, 0.5) is 0 Å². The van der Waals surface area contributed by atoms with E-state index in [1.54, 1.807) is 24.3 Å². The van der Waals surface area contributed by atoms with Crippen molar-refractivity contribution < 1.29 is 4.79 Å². The van der Waals surface area contributed by atoms with Crippen molar-refractivity contribution in [2.24, 2.45) is 0 Å². The Kier molecular flexibility index (Phi) is 9.33. The van der Waals surface area contributed by atoms with E-state index < -0.39 is 0 Å². The predicted molar refractivity (Wildman–Crippen MR) is 123 cm³/mol. The van der Waals surface area contributed by atoms with Crippen molar-refractivity contribution in [1.29, 1.82) is 0 Å². The molecule has 0 saturated heterocycles. The van der Waals surface area contributed by atoms with Crippen molar-refractivity contribution in [3.63, 3.8) is 0 Å². The highest BCUT2D eigenvalue weighted by atomic mass is 35.5. The van der Waals surface area contributed by atoms with Gasteiger partial charge in [-0.2, -0.15) is 0 Å². The largest absolute Gasteiger partial charge is 0.298 e. The van der Waals surface area contributed by atoms with Gasteiger partial charge in [-0.25, -0.2) is 0 Å². The summed E-state index contributed by atoms with van der Waals surface area (Å²) in [5.74, 6) is 0. The average Bonchev–Trinajstić information content (AvgIpc) is 2.72. The van der Waals surface area contributed by atoms with Crippen molar-refractivity contribution in [3.05, 3.63) is 116 Å². The Hall–Kier alpha value is -2.03. The lowest BCUT2D eigenvalue weighted by atomic mass is 10.2. The molecule has 0 aromatic heterocycles. The number of rotatable bonds is 4. The van der Waals surface area contributed by atoms with E-state index in [1.165, 1.54) is 5.56 Å². The van der Waals surface area contributed by atoms with Gasteiger partial charge in [0.2, 0.25) is 0 Å². The maximum absolute atomic E-state index is 10.2. The van der Waals surface area contributed by atoms with E-state index in [1.807, 2.05) is 54.6 Å². The number of hydrogen-bond donors (Lipinski definition) is 0. The molecule has 0 radical (unpaired) electrons. The van der Waals surface area contributed by atoms with Gasteiger partial charge >= 0.3 is 0 Å². The number of carbonyl (C=O) groups is 1. The number of carbonyl (C=O) groups excluding carboxylic acids is 1. The Labute approximate surface area is 184 Å². The van der Waals surface area contributed by atoms with Gasteiger partial charge in [0.1, 0.15) is 0 Å². The van der Waals surface area contributed by atoms with Gasteiger partial charge in [0.15, 0.2) is 6.29 Å². The summed E-state index contributed by atoms with van der Waals surface area (Å²) in [4.78, 5) is 10.2. The Morgan fingerprint density at radius 2 is 1.11 bits per heavy atom. The van der Waals surface area contributed by atoms with Gasteiger partial charge in [-0.15, -0.1) is 0 Å². The van der Waals surface area contributed by atoms with E-state index in [0.29, 0.717) is 31.9 Å². The summed E-state index contributed by atoms with van der Waals surface area (Å²) in [6.07, 6.45) is 8.58. The molecule has 3 rings (SSSR count). The van der Waals surface area contributed by atoms with Gasteiger partial charge < -0.3 is 0 Å². The van der Waals surface area contributed by atoms with Crippen molar-refractivity contribution in [1.82, 2.24) is 0 Å². The molecule has 142 valence electrons. The smallest absolute Gasteiger partial charge is 0.151 e. The zero-order valence-electron chi connectivity index (χ0n) is 14.7. The lowest BCUT2D eigenvalue weighted by Crippen LogP contribution is -1.80. The molecule has 1 nitrogen and oxygen atoms in total. The number of allylic oxidation sites excluding steroid dienone is 2. The minimum atomic E-state index is 0.319. The van der Waals surface area contributed by atoms with Gasteiger partial charge in [-0.3, -0.25) is 4.79 Å². The molecule has 0 aliphatic rings. The molecule has 3 aromatic carbocycles. The third-order valence-corrected chi connectivity index (χ3v) is 5.23. The van der Waals surface area contributed by atoms with E-state index >= 15 is 0 Å². The third kappa shape index (κ3) is 6.85. The topological polar surface area (TPSA) is 17.1 Å². The van der Waals surface area contributed by atoms with E-state index in [4.69, 9.17) is 46.4 Å². The van der Waals surface area contributed by atoms with Gasteiger partial charge in [0.25, 0.3) is 0 Å². The Balaban J connectivity index is 0.000000237. The highest BCUT2D eigenvalue weighted by Gasteiger charge is 2.01. The summed E-state index contributed by atoms with van der Waals surface area (Å²) in [6, 6.07) is 20.6. The van der Waals surface area contributed by atoms with Crippen LogP contribution in [0, 0.1) is 0 Å². The molecule has 0 fully saturated rings. The van der Waals surface area contributed by atoms with Crippen molar-refractivity contribution in [2.45, 2.75) is 0 Å². The molecule has 0 heterocycles. The predicted octanol–water partition coefficient (Wildman–Crippen LogP) is 8.53. The van der Waals surface area contributed by atoms with Gasteiger partial charge in [-0.1, -0.05) is 125 Å². The molecule has 0 saturated carbocycles. The number of aldehydes is 1. The Morgan fingerprint density at radius 3 is 1.68 bits per heavy atom. The fourth-order valence-electron chi connectivity index (χ4n) is 2.15. The lowest BCUT2D eigenvalue weighted by Gasteiger charge is -1.98. The first-order valence-electron chi connectivity index (χ1n) is 8.26. The molecule has 0 N–H and O–H groups in total. The second kappa shape index (κ2) is 11.7. The van der Waals surface area contributed by atoms with Crippen LogP contribution < -0.4 is 0 Å². The molecule has 0 unspecified atom stereocenters. The van der Waals surface area contributed by atoms with Crippen LogP contribution in [0.1, 0.15) is 21.5 Å². The van der Waals surface area contributed by atoms with Crippen molar-refractivity contribution >= 4 is 64.8 Å². The number of halogens is 4. The number of benzene rings is 3. The summed E-state index contributed by atoms with van der Waals surface area (Å²) in [7, 11) is 0. The monoisotopic (exact) mass is 448 g/mol. The van der Waals surface area contributed by atoms with Crippen LogP contribution >= 0.6 is 46.4 Å². The fraction of sp³-hybridized carbons (Fsp3) is 0. The zero-order valence-corrected chi connectivity index (χ0v) is 17.7. The molecule has 5 heteroatoms. The van der Waals surface area contributed by atoms with E-state index in [9.17, 15) is 4.79 Å². The summed E-state index contributed by atoms with van der Waals surface area (Å²) < 4.78 is 0.